The van der Waals surface area contributed by atoms with Gasteiger partial charge in [0, 0.05) is 0 Å². The van der Waals surface area contributed by atoms with Gasteiger partial charge in [-0.2, -0.15) is 0 Å². The average Bonchev–Trinajstić information content (AvgIpc) is 2.48. The Bertz CT molecular complexity index is 483. The van der Waals surface area contributed by atoms with Crippen molar-refractivity contribution in [3.05, 3.63) is 29.3 Å². The number of halogens is 2. The molecule has 0 fully saturated rings. The molecule has 0 heterocycles. The molecular weight excluding hydrogens is 276 g/mol. The van der Waals surface area contributed by atoms with Crippen LogP contribution in [0.1, 0.15) is 10.4 Å². The summed E-state index contributed by atoms with van der Waals surface area (Å²) in [6.07, 6.45) is 0. The summed E-state index contributed by atoms with van der Waals surface area (Å²) in [6, 6.07) is 2.03. The molecule has 6 nitrogen and oxygen atoms in total. The van der Waals surface area contributed by atoms with E-state index in [9.17, 15) is 13.6 Å². The van der Waals surface area contributed by atoms with Gasteiger partial charge in [0.05, 0.1) is 38.2 Å². The lowest BCUT2D eigenvalue weighted by molar-refractivity contribution is 0.0594. The van der Waals surface area contributed by atoms with Gasteiger partial charge in [0.1, 0.15) is 5.54 Å². The van der Waals surface area contributed by atoms with Gasteiger partial charge in [-0.1, -0.05) is 0 Å². The highest BCUT2D eigenvalue weighted by Gasteiger charge is 2.30. The van der Waals surface area contributed by atoms with E-state index in [4.69, 9.17) is 15.3 Å². The molecule has 0 aromatic heterocycles. The Balaban J connectivity index is 3.16. The third-order valence-corrected chi connectivity index (χ3v) is 2.80. The van der Waals surface area contributed by atoms with E-state index >= 15 is 0 Å². The fraction of sp³-hybridized carbons (Fsp3) is 0.417. The van der Waals surface area contributed by atoms with Crippen molar-refractivity contribution in [1.82, 2.24) is 0 Å². The number of nitrogens with one attached hydrogen (secondary N) is 1. The molecular formula is C12H15F2NO5. The molecule has 0 saturated heterocycles. The van der Waals surface area contributed by atoms with Gasteiger partial charge in [-0.15, -0.1) is 0 Å². The topological polar surface area (TPSA) is 99.0 Å². The summed E-state index contributed by atoms with van der Waals surface area (Å²) in [5.74, 6) is -3.84. The molecule has 112 valence electrons. The van der Waals surface area contributed by atoms with Crippen LogP contribution < -0.4 is 5.32 Å². The molecule has 0 unspecified atom stereocenters. The largest absolute Gasteiger partial charge is 0.465 e. The summed E-state index contributed by atoms with van der Waals surface area (Å²) >= 11 is 0. The lowest BCUT2D eigenvalue weighted by Gasteiger charge is -2.30. The van der Waals surface area contributed by atoms with Crippen LogP contribution in [0.5, 0.6) is 0 Å². The van der Waals surface area contributed by atoms with Crippen LogP contribution in [0.3, 0.4) is 0 Å². The van der Waals surface area contributed by atoms with Gasteiger partial charge in [0.25, 0.3) is 0 Å². The molecule has 0 spiro atoms. The Hall–Kier alpha value is -1.77. The molecule has 0 aliphatic rings. The summed E-state index contributed by atoms with van der Waals surface area (Å²) in [7, 11) is 1.03. The van der Waals surface area contributed by atoms with Crippen molar-refractivity contribution in [3.63, 3.8) is 0 Å². The van der Waals surface area contributed by atoms with Crippen molar-refractivity contribution in [2.24, 2.45) is 0 Å². The Morgan fingerprint density at radius 3 is 2.20 bits per heavy atom. The van der Waals surface area contributed by atoms with E-state index in [-0.39, 0.29) is 0 Å². The number of aliphatic hydroxyl groups is 3. The Morgan fingerprint density at radius 1 is 1.20 bits per heavy atom. The van der Waals surface area contributed by atoms with Crippen molar-refractivity contribution in [3.8, 4) is 0 Å². The molecule has 1 aromatic rings. The van der Waals surface area contributed by atoms with E-state index in [1.54, 1.807) is 0 Å². The number of ether oxygens (including phenoxy) is 1. The summed E-state index contributed by atoms with van der Waals surface area (Å²) in [5, 5.41) is 29.6. The van der Waals surface area contributed by atoms with E-state index in [0.29, 0.717) is 0 Å². The van der Waals surface area contributed by atoms with Crippen molar-refractivity contribution >= 4 is 11.7 Å². The minimum Gasteiger partial charge on any atom is -0.465 e. The van der Waals surface area contributed by atoms with E-state index in [1.807, 2.05) is 0 Å². The zero-order chi connectivity index (χ0) is 15.3. The second-order valence-corrected chi connectivity index (χ2v) is 4.16. The fourth-order valence-electron chi connectivity index (χ4n) is 1.47. The van der Waals surface area contributed by atoms with Gasteiger partial charge >= 0.3 is 5.97 Å². The zero-order valence-electron chi connectivity index (χ0n) is 10.7. The number of methoxy groups -OCH3 is 1. The number of hydrogen-bond donors (Lipinski definition) is 4. The number of anilines is 1. The Morgan fingerprint density at radius 2 is 1.75 bits per heavy atom. The Kier molecular flexibility index (Phi) is 5.37. The first kappa shape index (κ1) is 16.3. The molecule has 0 bridgehead atoms. The number of benzene rings is 1. The number of esters is 1. The maximum absolute atomic E-state index is 13.8. The van der Waals surface area contributed by atoms with Crippen molar-refractivity contribution < 1.29 is 33.6 Å². The van der Waals surface area contributed by atoms with E-state index in [1.165, 1.54) is 0 Å². The Labute approximate surface area is 113 Å². The van der Waals surface area contributed by atoms with Crippen LogP contribution in [0.4, 0.5) is 14.5 Å². The van der Waals surface area contributed by atoms with E-state index < -0.39 is 54.2 Å². The van der Waals surface area contributed by atoms with Crippen LogP contribution in [0.25, 0.3) is 0 Å². The first-order chi connectivity index (χ1) is 9.44. The number of rotatable bonds is 6. The molecule has 0 aliphatic carbocycles. The molecule has 4 N–H and O–H groups in total. The second-order valence-electron chi connectivity index (χ2n) is 4.16. The predicted molar refractivity (Wildman–Crippen MR) is 65.3 cm³/mol. The highest BCUT2D eigenvalue weighted by Crippen LogP contribution is 2.24. The van der Waals surface area contributed by atoms with Gasteiger partial charge in [0.2, 0.25) is 0 Å². The van der Waals surface area contributed by atoms with Crippen LogP contribution in [0, 0.1) is 11.6 Å². The molecule has 0 aliphatic heterocycles. The van der Waals surface area contributed by atoms with Crippen LogP contribution in [-0.2, 0) is 4.74 Å². The molecule has 0 radical (unpaired) electrons. The van der Waals surface area contributed by atoms with Crippen molar-refractivity contribution in [2.75, 3.05) is 32.2 Å². The van der Waals surface area contributed by atoms with Gasteiger partial charge in [0.15, 0.2) is 11.6 Å². The number of hydrogen-bond acceptors (Lipinski definition) is 6. The monoisotopic (exact) mass is 291 g/mol. The molecule has 0 amide bonds. The molecule has 8 heteroatoms. The van der Waals surface area contributed by atoms with E-state index in [0.717, 1.165) is 19.2 Å². The fourth-order valence-corrected chi connectivity index (χ4v) is 1.47. The molecule has 1 aromatic carbocycles. The summed E-state index contributed by atoms with van der Waals surface area (Å²) in [6.45, 7) is -2.13. The lowest BCUT2D eigenvalue weighted by atomic mass is 10.0. The van der Waals surface area contributed by atoms with Gasteiger partial charge in [-0.3, -0.25) is 0 Å². The number of carbonyl (C=O) groups is 1. The van der Waals surface area contributed by atoms with Crippen LogP contribution >= 0.6 is 0 Å². The SMILES string of the molecule is COC(=O)c1ccc(NC(CO)(CO)CO)c(F)c1F. The highest BCUT2D eigenvalue weighted by atomic mass is 19.2. The van der Waals surface area contributed by atoms with Crippen molar-refractivity contribution in [2.45, 2.75) is 5.54 Å². The van der Waals surface area contributed by atoms with Gasteiger partial charge in [-0.25, -0.2) is 13.6 Å². The third kappa shape index (κ3) is 3.03. The van der Waals surface area contributed by atoms with E-state index in [2.05, 4.69) is 10.1 Å². The van der Waals surface area contributed by atoms with Crippen LogP contribution in [0.15, 0.2) is 12.1 Å². The van der Waals surface area contributed by atoms with Crippen molar-refractivity contribution in [1.29, 1.82) is 0 Å². The summed E-state index contributed by atoms with van der Waals surface area (Å²) < 4.78 is 31.8. The molecule has 1 rings (SSSR count). The number of aliphatic hydroxyl groups excluding tert-OH is 3. The normalized spacial score (nSPS) is 11.3. The van der Waals surface area contributed by atoms with Crippen LogP contribution in [-0.4, -0.2) is 53.8 Å². The first-order valence-corrected chi connectivity index (χ1v) is 5.61. The smallest absolute Gasteiger partial charge is 0.340 e. The number of carbonyl (C=O) groups excluding carboxylic acids is 1. The quantitative estimate of drug-likeness (QED) is 0.545. The summed E-state index contributed by atoms with van der Waals surface area (Å²) in [5.41, 5.74) is -2.61. The summed E-state index contributed by atoms with van der Waals surface area (Å²) in [4.78, 5) is 11.2. The molecule has 0 atom stereocenters. The third-order valence-electron chi connectivity index (χ3n) is 2.80. The lowest BCUT2D eigenvalue weighted by Crippen LogP contribution is -2.49. The van der Waals surface area contributed by atoms with Gasteiger partial charge < -0.3 is 25.4 Å². The minimum atomic E-state index is -1.61. The highest BCUT2D eigenvalue weighted by molar-refractivity contribution is 5.90. The first-order valence-electron chi connectivity index (χ1n) is 5.61. The zero-order valence-corrected chi connectivity index (χ0v) is 10.7. The standard InChI is InChI=1S/C12H15F2NO5/c1-20-11(19)7-2-3-8(10(14)9(7)13)15-12(4-16,5-17)6-18/h2-3,15-18H,4-6H2,1H3. The predicted octanol–water partition coefficient (Wildman–Crippen LogP) is -0.121. The average molecular weight is 291 g/mol. The second kappa shape index (κ2) is 6.60. The molecule has 20 heavy (non-hydrogen) atoms. The minimum absolute atomic E-state index is 0.410. The maximum atomic E-state index is 13.8. The van der Waals surface area contributed by atoms with Crippen LogP contribution in [0.2, 0.25) is 0 Å². The van der Waals surface area contributed by atoms with Gasteiger partial charge in [-0.05, 0) is 12.1 Å². The molecule has 0 saturated carbocycles. The maximum Gasteiger partial charge on any atom is 0.340 e.